The molecule has 2 rings (SSSR count). The van der Waals surface area contributed by atoms with Crippen molar-refractivity contribution in [3.05, 3.63) is 52.2 Å². The Balaban J connectivity index is 1.69. The predicted octanol–water partition coefficient (Wildman–Crippen LogP) is 3.40. The fourth-order valence-electron chi connectivity index (χ4n) is 2.13. The van der Waals surface area contributed by atoms with Crippen LogP contribution >= 0.6 is 11.3 Å². The number of aryl methyl sites for hydroxylation is 2. The second-order valence-electron chi connectivity index (χ2n) is 5.95. The van der Waals surface area contributed by atoms with Crippen molar-refractivity contribution in [1.29, 1.82) is 0 Å². The van der Waals surface area contributed by atoms with E-state index in [1.807, 2.05) is 48.6 Å². The molecule has 0 amide bonds. The zero-order valence-corrected chi connectivity index (χ0v) is 13.9. The van der Waals surface area contributed by atoms with Gasteiger partial charge in [-0.3, -0.25) is 0 Å². The van der Waals surface area contributed by atoms with E-state index in [4.69, 9.17) is 10.5 Å². The van der Waals surface area contributed by atoms with Crippen LogP contribution in [0.1, 0.15) is 29.5 Å². The van der Waals surface area contributed by atoms with Crippen LogP contribution in [0.5, 0.6) is 5.75 Å². The molecule has 1 unspecified atom stereocenters. The Morgan fingerprint density at radius 3 is 2.45 bits per heavy atom. The Morgan fingerprint density at radius 1 is 1.09 bits per heavy atom. The van der Waals surface area contributed by atoms with E-state index in [-0.39, 0.29) is 6.61 Å². The van der Waals surface area contributed by atoms with Crippen molar-refractivity contribution in [2.75, 3.05) is 13.2 Å². The van der Waals surface area contributed by atoms with E-state index in [0.29, 0.717) is 0 Å². The summed E-state index contributed by atoms with van der Waals surface area (Å²) >= 11 is 1.84. The molecule has 0 saturated heterocycles. The Labute approximate surface area is 136 Å². The standard InChI is InChI=1S/C18H25NO2S/c1-18(19,14-20)12-11-17-10-9-16(22-17)8-5-13-21-15-6-3-2-4-7-15/h2-4,6-7,9-10,20H,5,8,11-14,19H2,1H3. The molecular weight excluding hydrogens is 294 g/mol. The van der Waals surface area contributed by atoms with Crippen molar-refractivity contribution in [3.8, 4) is 5.75 Å². The Hall–Kier alpha value is -1.36. The molecule has 1 aromatic carbocycles. The maximum Gasteiger partial charge on any atom is 0.119 e. The number of benzene rings is 1. The highest BCUT2D eigenvalue weighted by Crippen LogP contribution is 2.21. The monoisotopic (exact) mass is 319 g/mol. The van der Waals surface area contributed by atoms with Gasteiger partial charge in [-0.25, -0.2) is 0 Å². The molecule has 0 saturated carbocycles. The molecule has 0 aliphatic heterocycles. The van der Waals surface area contributed by atoms with Crippen molar-refractivity contribution in [2.24, 2.45) is 5.73 Å². The van der Waals surface area contributed by atoms with Crippen molar-refractivity contribution >= 4 is 11.3 Å². The lowest BCUT2D eigenvalue weighted by atomic mass is 9.98. The number of para-hydroxylation sites is 1. The van der Waals surface area contributed by atoms with Crippen LogP contribution in [0.25, 0.3) is 0 Å². The summed E-state index contributed by atoms with van der Waals surface area (Å²) in [5.41, 5.74) is 5.48. The molecule has 4 heteroatoms. The summed E-state index contributed by atoms with van der Waals surface area (Å²) in [4.78, 5) is 2.72. The largest absolute Gasteiger partial charge is 0.494 e. The third-order valence-electron chi connectivity index (χ3n) is 3.60. The minimum absolute atomic E-state index is 0.0298. The third-order valence-corrected chi connectivity index (χ3v) is 4.81. The van der Waals surface area contributed by atoms with Crippen LogP contribution in [0, 0.1) is 0 Å². The van der Waals surface area contributed by atoms with Gasteiger partial charge >= 0.3 is 0 Å². The van der Waals surface area contributed by atoms with Crippen LogP contribution in [0.15, 0.2) is 42.5 Å². The maximum absolute atomic E-state index is 9.18. The minimum Gasteiger partial charge on any atom is -0.494 e. The van der Waals surface area contributed by atoms with Crippen molar-refractivity contribution in [3.63, 3.8) is 0 Å². The molecule has 120 valence electrons. The van der Waals surface area contributed by atoms with Crippen LogP contribution < -0.4 is 10.5 Å². The lowest BCUT2D eigenvalue weighted by Crippen LogP contribution is -2.40. The summed E-state index contributed by atoms with van der Waals surface area (Å²) in [6, 6.07) is 14.3. The van der Waals surface area contributed by atoms with Gasteiger partial charge in [-0.05, 0) is 56.9 Å². The predicted molar refractivity (Wildman–Crippen MR) is 92.6 cm³/mol. The van der Waals surface area contributed by atoms with E-state index in [2.05, 4.69) is 12.1 Å². The van der Waals surface area contributed by atoms with Gasteiger partial charge in [0, 0.05) is 15.3 Å². The van der Waals surface area contributed by atoms with Gasteiger partial charge in [0.05, 0.1) is 13.2 Å². The smallest absolute Gasteiger partial charge is 0.119 e. The van der Waals surface area contributed by atoms with E-state index in [1.54, 1.807) is 0 Å². The van der Waals surface area contributed by atoms with Crippen molar-refractivity contribution < 1.29 is 9.84 Å². The zero-order chi connectivity index (χ0) is 15.8. The molecule has 1 heterocycles. The van der Waals surface area contributed by atoms with E-state index >= 15 is 0 Å². The molecule has 3 N–H and O–H groups in total. The van der Waals surface area contributed by atoms with Crippen LogP contribution in [0.4, 0.5) is 0 Å². The molecule has 0 aliphatic rings. The first-order chi connectivity index (χ1) is 10.6. The number of aliphatic hydroxyl groups is 1. The number of nitrogens with two attached hydrogens (primary N) is 1. The molecule has 1 atom stereocenters. The van der Waals surface area contributed by atoms with Gasteiger partial charge in [-0.15, -0.1) is 11.3 Å². The van der Waals surface area contributed by atoms with Gasteiger partial charge in [0.2, 0.25) is 0 Å². The Kier molecular flexibility index (Phi) is 6.43. The fourth-order valence-corrected chi connectivity index (χ4v) is 3.19. The van der Waals surface area contributed by atoms with E-state index < -0.39 is 5.54 Å². The first-order valence-corrected chi connectivity index (χ1v) is 8.56. The number of aliphatic hydroxyl groups excluding tert-OH is 1. The highest BCUT2D eigenvalue weighted by Gasteiger charge is 2.16. The van der Waals surface area contributed by atoms with Crippen LogP contribution in [0.3, 0.4) is 0 Å². The normalized spacial score (nSPS) is 13.8. The minimum atomic E-state index is -0.478. The fraction of sp³-hybridized carbons (Fsp3) is 0.444. The highest BCUT2D eigenvalue weighted by atomic mass is 32.1. The molecule has 0 bridgehead atoms. The third kappa shape index (κ3) is 5.79. The molecule has 0 fully saturated rings. The van der Waals surface area contributed by atoms with Crippen LogP contribution in [-0.4, -0.2) is 23.9 Å². The molecule has 0 spiro atoms. The maximum atomic E-state index is 9.18. The van der Waals surface area contributed by atoms with E-state index in [0.717, 1.165) is 38.0 Å². The number of hydrogen-bond donors (Lipinski definition) is 2. The second-order valence-corrected chi connectivity index (χ2v) is 7.20. The molecular formula is C18H25NO2S. The molecule has 2 aromatic rings. The Morgan fingerprint density at radius 2 is 1.77 bits per heavy atom. The molecule has 0 aliphatic carbocycles. The topological polar surface area (TPSA) is 55.5 Å². The van der Waals surface area contributed by atoms with Gasteiger partial charge in [0.15, 0.2) is 0 Å². The van der Waals surface area contributed by atoms with Crippen LogP contribution in [-0.2, 0) is 12.8 Å². The summed E-state index contributed by atoms with van der Waals surface area (Å²) < 4.78 is 5.70. The lowest BCUT2D eigenvalue weighted by molar-refractivity contribution is 0.201. The summed E-state index contributed by atoms with van der Waals surface area (Å²) in [5, 5.41) is 9.18. The lowest BCUT2D eigenvalue weighted by Gasteiger charge is -2.20. The van der Waals surface area contributed by atoms with Crippen molar-refractivity contribution in [2.45, 2.75) is 38.1 Å². The number of ether oxygens (including phenoxy) is 1. The second kappa shape index (κ2) is 8.32. The average molecular weight is 319 g/mol. The summed E-state index contributed by atoms with van der Waals surface area (Å²) in [7, 11) is 0. The first-order valence-electron chi connectivity index (χ1n) is 7.74. The van der Waals surface area contributed by atoms with Gasteiger partial charge in [0.25, 0.3) is 0 Å². The van der Waals surface area contributed by atoms with Crippen molar-refractivity contribution in [1.82, 2.24) is 0 Å². The zero-order valence-electron chi connectivity index (χ0n) is 13.1. The van der Waals surface area contributed by atoms with E-state index in [1.165, 1.54) is 9.75 Å². The first kappa shape index (κ1) is 17.0. The van der Waals surface area contributed by atoms with Crippen LogP contribution in [0.2, 0.25) is 0 Å². The molecule has 22 heavy (non-hydrogen) atoms. The summed E-state index contributed by atoms with van der Waals surface area (Å²) in [6.45, 7) is 2.66. The number of hydrogen-bond acceptors (Lipinski definition) is 4. The van der Waals surface area contributed by atoms with Gasteiger partial charge in [-0.2, -0.15) is 0 Å². The summed E-state index contributed by atoms with van der Waals surface area (Å²) in [6.07, 6.45) is 3.79. The van der Waals surface area contributed by atoms with E-state index in [9.17, 15) is 5.11 Å². The molecule has 1 aromatic heterocycles. The molecule has 3 nitrogen and oxygen atoms in total. The number of rotatable bonds is 9. The molecule has 0 radical (unpaired) electrons. The van der Waals surface area contributed by atoms with Gasteiger partial charge in [0.1, 0.15) is 5.75 Å². The van der Waals surface area contributed by atoms with Gasteiger partial charge < -0.3 is 15.6 Å². The van der Waals surface area contributed by atoms with Gasteiger partial charge in [-0.1, -0.05) is 18.2 Å². The average Bonchev–Trinajstić information content (AvgIpc) is 2.99. The SMILES string of the molecule is CC(N)(CO)CCc1ccc(CCCOc2ccccc2)s1. The Bertz CT molecular complexity index is 551. The number of thiophene rings is 1. The highest BCUT2D eigenvalue weighted by molar-refractivity contribution is 7.11. The summed E-state index contributed by atoms with van der Waals surface area (Å²) in [5.74, 6) is 0.931. The quantitative estimate of drug-likeness (QED) is 0.697.